The number of rotatable bonds is 7. The molecule has 1 fully saturated rings. The SMILES string of the molecule is CCNC(=NCC1(O)CCCCC1)Nc1ccc(OCC)c(OC)c1. The van der Waals surface area contributed by atoms with Gasteiger partial charge >= 0.3 is 0 Å². The predicted molar refractivity (Wildman–Crippen MR) is 102 cm³/mol. The first-order valence-electron chi connectivity index (χ1n) is 9.19. The van der Waals surface area contributed by atoms with Gasteiger partial charge in [-0.2, -0.15) is 0 Å². The van der Waals surface area contributed by atoms with Gasteiger partial charge in [-0.25, -0.2) is 0 Å². The van der Waals surface area contributed by atoms with Crippen LogP contribution in [0.5, 0.6) is 11.5 Å². The Morgan fingerprint density at radius 1 is 1.20 bits per heavy atom. The molecule has 25 heavy (non-hydrogen) atoms. The van der Waals surface area contributed by atoms with Crippen LogP contribution in [0.1, 0.15) is 46.0 Å². The minimum Gasteiger partial charge on any atom is -0.493 e. The van der Waals surface area contributed by atoms with E-state index in [0.717, 1.165) is 37.9 Å². The second kappa shape index (κ2) is 9.51. The maximum Gasteiger partial charge on any atom is 0.195 e. The first-order valence-corrected chi connectivity index (χ1v) is 9.19. The average molecular weight is 349 g/mol. The number of methoxy groups -OCH3 is 1. The number of ether oxygens (including phenoxy) is 2. The second-order valence-electron chi connectivity index (χ2n) is 6.40. The molecule has 0 bridgehead atoms. The molecule has 1 aromatic carbocycles. The fraction of sp³-hybridized carbons (Fsp3) is 0.632. The summed E-state index contributed by atoms with van der Waals surface area (Å²) in [5, 5.41) is 17.1. The van der Waals surface area contributed by atoms with Crippen LogP contribution in [-0.4, -0.2) is 43.5 Å². The van der Waals surface area contributed by atoms with Gasteiger partial charge < -0.3 is 25.2 Å². The lowest BCUT2D eigenvalue weighted by Gasteiger charge is -2.30. The first kappa shape index (κ1) is 19.4. The molecule has 1 saturated carbocycles. The molecule has 0 aromatic heterocycles. The Kier molecular flexibility index (Phi) is 7.37. The van der Waals surface area contributed by atoms with Gasteiger partial charge in [-0.1, -0.05) is 19.3 Å². The first-order chi connectivity index (χ1) is 12.1. The van der Waals surface area contributed by atoms with Crippen molar-refractivity contribution in [2.45, 2.75) is 51.6 Å². The molecule has 2 rings (SSSR count). The van der Waals surface area contributed by atoms with E-state index in [2.05, 4.69) is 15.6 Å². The smallest absolute Gasteiger partial charge is 0.195 e. The molecule has 1 aliphatic rings. The van der Waals surface area contributed by atoms with Gasteiger partial charge in [0.25, 0.3) is 0 Å². The summed E-state index contributed by atoms with van der Waals surface area (Å²) < 4.78 is 10.9. The van der Waals surface area contributed by atoms with Crippen molar-refractivity contribution >= 4 is 11.6 Å². The zero-order chi connectivity index (χ0) is 18.1. The lowest BCUT2D eigenvalue weighted by atomic mass is 9.85. The third-order valence-electron chi connectivity index (χ3n) is 4.39. The third-order valence-corrected chi connectivity index (χ3v) is 4.39. The number of hydrogen-bond donors (Lipinski definition) is 3. The highest BCUT2D eigenvalue weighted by molar-refractivity contribution is 5.94. The van der Waals surface area contributed by atoms with Gasteiger partial charge in [-0.05, 0) is 38.8 Å². The molecular formula is C19H31N3O3. The number of hydrogen-bond acceptors (Lipinski definition) is 4. The van der Waals surface area contributed by atoms with E-state index in [4.69, 9.17) is 9.47 Å². The largest absolute Gasteiger partial charge is 0.493 e. The Morgan fingerprint density at radius 3 is 2.60 bits per heavy atom. The van der Waals surface area contributed by atoms with Gasteiger partial charge in [0, 0.05) is 18.3 Å². The predicted octanol–water partition coefficient (Wildman–Crippen LogP) is 3.17. The zero-order valence-corrected chi connectivity index (χ0v) is 15.6. The number of nitrogens with one attached hydrogen (secondary N) is 2. The highest BCUT2D eigenvalue weighted by Crippen LogP contribution is 2.30. The van der Waals surface area contributed by atoms with E-state index in [1.807, 2.05) is 32.0 Å². The molecule has 0 spiro atoms. The Morgan fingerprint density at radius 2 is 1.96 bits per heavy atom. The molecule has 0 radical (unpaired) electrons. The van der Waals surface area contributed by atoms with Crippen molar-refractivity contribution in [3.05, 3.63) is 18.2 Å². The monoisotopic (exact) mass is 349 g/mol. The van der Waals surface area contributed by atoms with Crippen LogP contribution in [0.25, 0.3) is 0 Å². The third kappa shape index (κ3) is 5.81. The maximum absolute atomic E-state index is 10.6. The Bertz CT molecular complexity index is 569. The fourth-order valence-corrected chi connectivity index (χ4v) is 3.06. The van der Waals surface area contributed by atoms with Gasteiger partial charge in [0.15, 0.2) is 17.5 Å². The molecule has 3 N–H and O–H groups in total. The Hall–Kier alpha value is -1.95. The molecule has 1 aromatic rings. The van der Waals surface area contributed by atoms with E-state index in [1.54, 1.807) is 7.11 Å². The second-order valence-corrected chi connectivity index (χ2v) is 6.40. The van der Waals surface area contributed by atoms with Crippen molar-refractivity contribution < 1.29 is 14.6 Å². The molecule has 6 heteroatoms. The number of nitrogens with zero attached hydrogens (tertiary/aromatic N) is 1. The van der Waals surface area contributed by atoms with E-state index < -0.39 is 5.60 Å². The fourth-order valence-electron chi connectivity index (χ4n) is 3.06. The van der Waals surface area contributed by atoms with Crippen LogP contribution in [0.2, 0.25) is 0 Å². The molecule has 1 aliphatic carbocycles. The molecule has 0 atom stereocenters. The lowest BCUT2D eigenvalue weighted by Crippen LogP contribution is -2.37. The van der Waals surface area contributed by atoms with Crippen molar-refractivity contribution in [3.8, 4) is 11.5 Å². The Labute approximate surface area is 150 Å². The van der Waals surface area contributed by atoms with Gasteiger partial charge in [0.2, 0.25) is 0 Å². The van der Waals surface area contributed by atoms with Crippen LogP contribution >= 0.6 is 0 Å². The minimum absolute atomic E-state index is 0.413. The van der Waals surface area contributed by atoms with Gasteiger partial charge in [0.05, 0.1) is 25.9 Å². The highest BCUT2D eigenvalue weighted by atomic mass is 16.5. The van der Waals surface area contributed by atoms with Gasteiger partial charge in [0.1, 0.15) is 0 Å². The summed E-state index contributed by atoms with van der Waals surface area (Å²) in [6, 6.07) is 5.69. The van der Waals surface area contributed by atoms with Crippen molar-refractivity contribution in [2.75, 3.05) is 32.1 Å². The quantitative estimate of drug-likeness (QED) is 0.521. The summed E-state index contributed by atoms with van der Waals surface area (Å²) in [6.45, 7) is 5.71. The maximum atomic E-state index is 10.6. The van der Waals surface area contributed by atoms with Crippen LogP contribution in [-0.2, 0) is 0 Å². The van der Waals surface area contributed by atoms with E-state index in [9.17, 15) is 5.11 Å². The summed E-state index contributed by atoms with van der Waals surface area (Å²) in [5.74, 6) is 2.05. The van der Waals surface area contributed by atoms with E-state index in [0.29, 0.717) is 30.6 Å². The number of guanidine groups is 1. The molecule has 140 valence electrons. The Balaban J connectivity index is 2.08. The number of aliphatic imine (C=N–C) groups is 1. The van der Waals surface area contributed by atoms with E-state index in [1.165, 1.54) is 6.42 Å². The number of benzene rings is 1. The number of anilines is 1. The van der Waals surface area contributed by atoms with Crippen LogP contribution < -0.4 is 20.1 Å². The van der Waals surface area contributed by atoms with Crippen molar-refractivity contribution in [1.29, 1.82) is 0 Å². The molecule has 6 nitrogen and oxygen atoms in total. The topological polar surface area (TPSA) is 75.1 Å². The van der Waals surface area contributed by atoms with Crippen LogP contribution in [0.4, 0.5) is 5.69 Å². The molecule has 0 unspecified atom stereocenters. The molecular weight excluding hydrogens is 318 g/mol. The molecule has 0 aliphatic heterocycles. The highest BCUT2D eigenvalue weighted by Gasteiger charge is 2.28. The average Bonchev–Trinajstić information content (AvgIpc) is 2.62. The van der Waals surface area contributed by atoms with Crippen LogP contribution in [0, 0.1) is 0 Å². The summed E-state index contributed by atoms with van der Waals surface area (Å²) in [5.41, 5.74) is 0.188. The van der Waals surface area contributed by atoms with Crippen LogP contribution in [0.15, 0.2) is 23.2 Å². The molecule has 0 heterocycles. The summed E-state index contributed by atoms with van der Waals surface area (Å²) in [4.78, 5) is 4.59. The van der Waals surface area contributed by atoms with Gasteiger partial charge in [-0.3, -0.25) is 4.99 Å². The summed E-state index contributed by atoms with van der Waals surface area (Å²) >= 11 is 0. The van der Waals surface area contributed by atoms with Crippen molar-refractivity contribution in [3.63, 3.8) is 0 Å². The minimum atomic E-state index is -0.670. The van der Waals surface area contributed by atoms with Crippen LogP contribution in [0.3, 0.4) is 0 Å². The zero-order valence-electron chi connectivity index (χ0n) is 15.6. The molecule has 0 saturated heterocycles. The standard InChI is InChI=1S/C19H31N3O3/c1-4-20-18(21-14-19(23)11-7-6-8-12-19)22-15-9-10-16(25-5-2)17(13-15)24-3/h9-10,13,23H,4-8,11-12,14H2,1-3H3,(H2,20,21,22). The molecule has 0 amide bonds. The summed E-state index contributed by atoms with van der Waals surface area (Å²) in [7, 11) is 1.62. The van der Waals surface area contributed by atoms with Crippen molar-refractivity contribution in [2.24, 2.45) is 4.99 Å². The lowest BCUT2D eigenvalue weighted by molar-refractivity contribution is 0.0132. The summed E-state index contributed by atoms with van der Waals surface area (Å²) in [6.07, 6.45) is 5.01. The van der Waals surface area contributed by atoms with E-state index in [-0.39, 0.29) is 0 Å². The van der Waals surface area contributed by atoms with Gasteiger partial charge in [-0.15, -0.1) is 0 Å². The van der Waals surface area contributed by atoms with Crippen molar-refractivity contribution in [1.82, 2.24) is 5.32 Å². The number of aliphatic hydroxyl groups is 1. The normalized spacial score (nSPS) is 17.0. The van der Waals surface area contributed by atoms with E-state index >= 15 is 0 Å².